The summed E-state index contributed by atoms with van der Waals surface area (Å²) in [5.41, 5.74) is 0.928. The van der Waals surface area contributed by atoms with E-state index in [9.17, 15) is 9.59 Å². The Morgan fingerprint density at radius 3 is 2.64 bits per heavy atom. The van der Waals surface area contributed by atoms with Crippen LogP contribution in [0.15, 0.2) is 48.8 Å². The molecule has 1 N–H and O–H groups in total. The van der Waals surface area contributed by atoms with Gasteiger partial charge in [-0.1, -0.05) is 12.1 Å². The molecule has 5 nitrogen and oxygen atoms in total. The molecule has 0 bridgehead atoms. The summed E-state index contributed by atoms with van der Waals surface area (Å²) in [6.45, 7) is 3.77. The zero-order valence-corrected chi connectivity index (χ0v) is 12.6. The second kappa shape index (κ2) is 7.36. The maximum absolute atomic E-state index is 12.1. The maximum Gasteiger partial charge on any atom is 0.253 e. The van der Waals surface area contributed by atoms with Crippen LogP contribution in [0.4, 0.5) is 0 Å². The van der Waals surface area contributed by atoms with Crippen molar-refractivity contribution in [3.8, 4) is 5.75 Å². The standard InChI is InChI=1S/C17H18N2O3/c1-12(2)22-15-7-3-5-13(9-15)16(20)11-19-17(21)14-6-4-8-18-10-14/h3-10,12H,11H2,1-2H3,(H,19,21). The van der Waals surface area contributed by atoms with Crippen LogP contribution in [0.2, 0.25) is 0 Å². The summed E-state index contributed by atoms with van der Waals surface area (Å²) in [4.78, 5) is 27.9. The molecule has 0 unspecified atom stereocenters. The van der Waals surface area contributed by atoms with Crippen LogP contribution in [0.3, 0.4) is 0 Å². The number of Topliss-reactive ketones (excluding diaryl/α,β-unsaturated/α-hetero) is 1. The molecule has 0 saturated carbocycles. The van der Waals surface area contributed by atoms with Gasteiger partial charge in [0, 0.05) is 18.0 Å². The molecule has 22 heavy (non-hydrogen) atoms. The van der Waals surface area contributed by atoms with Crippen molar-refractivity contribution in [2.24, 2.45) is 0 Å². The molecule has 0 radical (unpaired) electrons. The predicted octanol–water partition coefficient (Wildman–Crippen LogP) is 2.48. The number of nitrogens with one attached hydrogen (secondary N) is 1. The topological polar surface area (TPSA) is 68.3 Å². The number of nitrogens with zero attached hydrogens (tertiary/aromatic N) is 1. The number of aromatic nitrogens is 1. The molecule has 2 rings (SSSR count). The van der Waals surface area contributed by atoms with Crippen LogP contribution in [0.25, 0.3) is 0 Å². The monoisotopic (exact) mass is 298 g/mol. The Labute approximate surface area is 129 Å². The van der Waals surface area contributed by atoms with Crippen molar-refractivity contribution < 1.29 is 14.3 Å². The highest BCUT2D eigenvalue weighted by Crippen LogP contribution is 2.15. The molecule has 0 aliphatic carbocycles. The molecule has 1 heterocycles. The summed E-state index contributed by atoms with van der Waals surface area (Å²) in [5.74, 6) is 0.141. The van der Waals surface area contributed by atoms with Crippen LogP contribution in [0.5, 0.6) is 5.75 Å². The second-order valence-electron chi connectivity index (χ2n) is 5.04. The highest BCUT2D eigenvalue weighted by atomic mass is 16.5. The fraction of sp³-hybridized carbons (Fsp3) is 0.235. The first-order valence-corrected chi connectivity index (χ1v) is 7.04. The van der Waals surface area contributed by atoms with Crippen molar-refractivity contribution in [3.63, 3.8) is 0 Å². The van der Waals surface area contributed by atoms with Gasteiger partial charge in [0.05, 0.1) is 18.2 Å². The van der Waals surface area contributed by atoms with Crippen molar-refractivity contribution >= 4 is 11.7 Å². The fourth-order valence-corrected chi connectivity index (χ4v) is 1.88. The SMILES string of the molecule is CC(C)Oc1cccc(C(=O)CNC(=O)c2cccnc2)c1. The van der Waals surface area contributed by atoms with E-state index in [1.807, 2.05) is 13.8 Å². The molecule has 0 fully saturated rings. The number of carbonyl (C=O) groups is 2. The van der Waals surface area contributed by atoms with E-state index >= 15 is 0 Å². The summed E-state index contributed by atoms with van der Waals surface area (Å²) in [5, 5.41) is 2.59. The lowest BCUT2D eigenvalue weighted by Crippen LogP contribution is -2.29. The Bertz CT molecular complexity index is 654. The first kappa shape index (κ1) is 15.7. The van der Waals surface area contributed by atoms with E-state index in [1.54, 1.807) is 42.6 Å². The lowest BCUT2D eigenvalue weighted by Gasteiger charge is -2.10. The third-order valence-corrected chi connectivity index (χ3v) is 2.86. The molecule has 2 aromatic rings. The van der Waals surface area contributed by atoms with Gasteiger partial charge in [-0.3, -0.25) is 14.6 Å². The summed E-state index contributed by atoms with van der Waals surface area (Å²) < 4.78 is 5.55. The molecule has 1 amide bonds. The van der Waals surface area contributed by atoms with E-state index in [2.05, 4.69) is 10.3 Å². The third-order valence-electron chi connectivity index (χ3n) is 2.86. The number of ketones is 1. The summed E-state index contributed by atoms with van der Waals surface area (Å²) in [6, 6.07) is 10.2. The highest BCUT2D eigenvalue weighted by molar-refractivity contribution is 6.02. The van der Waals surface area contributed by atoms with Crippen molar-refractivity contribution in [1.82, 2.24) is 10.3 Å². The number of hydrogen-bond donors (Lipinski definition) is 1. The van der Waals surface area contributed by atoms with Crippen molar-refractivity contribution in [1.29, 1.82) is 0 Å². The maximum atomic E-state index is 12.1. The van der Waals surface area contributed by atoms with Gasteiger partial charge < -0.3 is 10.1 Å². The van der Waals surface area contributed by atoms with Crippen LogP contribution < -0.4 is 10.1 Å². The van der Waals surface area contributed by atoms with Gasteiger partial charge in [-0.2, -0.15) is 0 Å². The van der Waals surface area contributed by atoms with Crippen molar-refractivity contribution in [2.45, 2.75) is 20.0 Å². The molecule has 1 aromatic carbocycles. The Morgan fingerprint density at radius 1 is 1.18 bits per heavy atom. The van der Waals surface area contributed by atoms with Gasteiger partial charge in [-0.05, 0) is 38.1 Å². The van der Waals surface area contributed by atoms with Crippen LogP contribution in [0.1, 0.15) is 34.6 Å². The highest BCUT2D eigenvalue weighted by Gasteiger charge is 2.11. The van der Waals surface area contributed by atoms with E-state index in [0.717, 1.165) is 0 Å². The summed E-state index contributed by atoms with van der Waals surface area (Å²) in [7, 11) is 0. The number of carbonyl (C=O) groups excluding carboxylic acids is 2. The lowest BCUT2D eigenvalue weighted by molar-refractivity contribution is 0.0903. The minimum absolute atomic E-state index is 0.0376. The molecule has 0 aliphatic heterocycles. The predicted molar refractivity (Wildman–Crippen MR) is 83.1 cm³/mol. The average molecular weight is 298 g/mol. The number of pyridine rings is 1. The van der Waals surface area contributed by atoms with E-state index in [1.165, 1.54) is 6.20 Å². The van der Waals surface area contributed by atoms with E-state index < -0.39 is 0 Å². The van der Waals surface area contributed by atoms with Crippen molar-refractivity contribution in [3.05, 3.63) is 59.9 Å². The fourth-order valence-electron chi connectivity index (χ4n) is 1.88. The molecular formula is C17H18N2O3. The molecule has 114 valence electrons. The first-order chi connectivity index (χ1) is 10.6. The second-order valence-corrected chi connectivity index (χ2v) is 5.04. The Balaban J connectivity index is 1.96. The smallest absolute Gasteiger partial charge is 0.253 e. The van der Waals surface area contributed by atoms with Crippen LogP contribution in [-0.2, 0) is 0 Å². The Kier molecular flexibility index (Phi) is 5.25. The van der Waals surface area contributed by atoms with Crippen LogP contribution in [0, 0.1) is 0 Å². The van der Waals surface area contributed by atoms with Crippen LogP contribution >= 0.6 is 0 Å². The number of amides is 1. The summed E-state index contributed by atoms with van der Waals surface area (Å²) in [6.07, 6.45) is 3.08. The largest absolute Gasteiger partial charge is 0.491 e. The number of hydrogen-bond acceptors (Lipinski definition) is 4. The van der Waals surface area contributed by atoms with Gasteiger partial charge in [0.1, 0.15) is 5.75 Å². The average Bonchev–Trinajstić information content (AvgIpc) is 2.52. The number of rotatable bonds is 6. The molecular weight excluding hydrogens is 280 g/mol. The quantitative estimate of drug-likeness (QED) is 0.832. The van der Waals surface area contributed by atoms with Gasteiger partial charge in [0.25, 0.3) is 5.91 Å². The lowest BCUT2D eigenvalue weighted by atomic mass is 10.1. The number of ether oxygens (including phenoxy) is 1. The molecule has 0 aliphatic rings. The molecule has 0 atom stereocenters. The van der Waals surface area contributed by atoms with E-state index in [0.29, 0.717) is 16.9 Å². The first-order valence-electron chi connectivity index (χ1n) is 7.04. The molecule has 5 heteroatoms. The Morgan fingerprint density at radius 2 is 1.95 bits per heavy atom. The van der Waals surface area contributed by atoms with E-state index in [4.69, 9.17) is 4.74 Å². The van der Waals surface area contributed by atoms with Crippen LogP contribution in [-0.4, -0.2) is 29.3 Å². The van der Waals surface area contributed by atoms with Gasteiger partial charge >= 0.3 is 0 Å². The normalized spacial score (nSPS) is 10.3. The number of benzene rings is 1. The zero-order valence-electron chi connectivity index (χ0n) is 12.6. The van der Waals surface area contributed by atoms with Crippen molar-refractivity contribution in [2.75, 3.05) is 6.54 Å². The van der Waals surface area contributed by atoms with Gasteiger partial charge in [0.15, 0.2) is 5.78 Å². The minimum Gasteiger partial charge on any atom is -0.491 e. The Hall–Kier alpha value is -2.69. The molecule has 0 saturated heterocycles. The molecule has 1 aromatic heterocycles. The van der Waals surface area contributed by atoms with E-state index in [-0.39, 0.29) is 24.3 Å². The van der Waals surface area contributed by atoms with Gasteiger partial charge in [-0.25, -0.2) is 0 Å². The molecule has 0 spiro atoms. The van der Waals surface area contributed by atoms with Gasteiger partial charge in [-0.15, -0.1) is 0 Å². The minimum atomic E-state index is -0.323. The zero-order chi connectivity index (χ0) is 15.9. The third kappa shape index (κ3) is 4.41. The van der Waals surface area contributed by atoms with Gasteiger partial charge in [0.2, 0.25) is 0 Å². The summed E-state index contributed by atoms with van der Waals surface area (Å²) >= 11 is 0.